The Bertz CT molecular complexity index is 4140. The zero-order valence-corrected chi connectivity index (χ0v) is 52.9. The second kappa shape index (κ2) is 28.3. The second-order valence-electron chi connectivity index (χ2n) is 23.6. The van der Waals surface area contributed by atoms with Crippen LogP contribution >= 0.6 is 23.2 Å². The number of imide groups is 2. The highest BCUT2D eigenvalue weighted by Crippen LogP contribution is 2.35. The van der Waals surface area contributed by atoms with Gasteiger partial charge in [0.25, 0.3) is 11.8 Å². The van der Waals surface area contributed by atoms with Crippen molar-refractivity contribution in [2.24, 2.45) is 11.8 Å². The van der Waals surface area contributed by atoms with E-state index in [9.17, 15) is 38.4 Å². The van der Waals surface area contributed by atoms with Crippen molar-refractivity contribution >= 4 is 127 Å². The summed E-state index contributed by atoms with van der Waals surface area (Å²) in [4.78, 5) is 127. The van der Waals surface area contributed by atoms with E-state index in [4.69, 9.17) is 42.6 Å². The lowest BCUT2D eigenvalue weighted by molar-refractivity contribution is -0.135. The predicted octanol–water partition coefficient (Wildman–Crippen LogP) is 6.95. The van der Waals surface area contributed by atoms with Crippen molar-refractivity contribution in [3.05, 3.63) is 151 Å². The van der Waals surface area contributed by atoms with Gasteiger partial charge in [-0.3, -0.25) is 49.0 Å². The predicted molar refractivity (Wildman–Crippen MR) is 357 cm³/mol. The van der Waals surface area contributed by atoms with E-state index in [1.54, 1.807) is 36.4 Å². The zero-order valence-electron chi connectivity index (χ0n) is 51.4. The Balaban J connectivity index is 0.799. The Morgan fingerprint density at radius 3 is 1.40 bits per heavy atom. The van der Waals surface area contributed by atoms with Crippen LogP contribution in [0.5, 0.6) is 11.5 Å². The number of amides is 6. The van der Waals surface area contributed by atoms with Crippen LogP contribution in [0.4, 0.5) is 46.3 Å². The van der Waals surface area contributed by atoms with Crippen molar-refractivity contribution in [1.29, 1.82) is 0 Å². The lowest BCUT2D eigenvalue weighted by Gasteiger charge is -2.33. The lowest BCUT2D eigenvalue weighted by atomic mass is 9.90. The summed E-state index contributed by atoms with van der Waals surface area (Å²) in [6.45, 7) is 2.92. The zero-order chi connectivity index (χ0) is 65.6. The molecule has 6 amide bonds. The molecule has 4 aromatic carbocycles. The van der Waals surface area contributed by atoms with Crippen LogP contribution in [-0.2, 0) is 28.8 Å². The molecule has 8 heterocycles. The molecule has 8 N–H and O–H groups in total. The third-order valence-corrected chi connectivity index (χ3v) is 17.8. The molecule has 12 rings (SSSR count). The van der Waals surface area contributed by atoms with Gasteiger partial charge >= 0.3 is 11.1 Å². The van der Waals surface area contributed by atoms with Crippen LogP contribution in [0.1, 0.15) is 74.3 Å². The molecule has 0 bridgehead atoms. The first-order valence-electron chi connectivity index (χ1n) is 31.1. The van der Waals surface area contributed by atoms with Gasteiger partial charge in [-0.1, -0.05) is 47.5 Å². The number of aromatic nitrogens is 6. The van der Waals surface area contributed by atoms with Crippen molar-refractivity contribution in [3.63, 3.8) is 0 Å². The minimum Gasteiger partial charge on any atom is -0.478 e. The fourth-order valence-corrected chi connectivity index (χ4v) is 12.6. The summed E-state index contributed by atoms with van der Waals surface area (Å²) in [7, 11) is 2.86. The van der Waals surface area contributed by atoms with Gasteiger partial charge in [0, 0.05) is 99.7 Å². The topological polar surface area (TPSA) is 319 Å². The molecule has 4 atom stereocenters. The molecule has 0 spiro atoms. The monoisotopic (exact) mass is 1310 g/mol. The molecule has 0 aliphatic carbocycles. The standard InChI is InChI=1S/C66H68Cl2N16O10/c1-69-57(87)35-93-53-27-41-25-45(75-59-49(67)31-73-65(79-59)81-21-5-7-37(33-81)29-71-43-11-3-9-39(23-43)47-15-19-55(85)77-61(47)89)13-17-51(41)83(63(53)91)84-52-18-14-46(26-42(52)28-54(64(84)92)94-36-58(88)70-2)76-60-50(68)32-74-66(80-60)82-22-6-8-38(34-82)30-72-44-12-4-10-40(24-44)48-16-20-56(86)78-62(48)90/h3-4,9-14,17-18,23-28,31-32,37-38,47-48,71-72H,5-8,15-16,19-22,29-30,33-36H2,1-2H3,(H,69,87)(H,70,88)(H,73,75,79)(H,74,76,80)(H,77,85,89)(H,78,86,90)/t37-,38?,47?,48?/m1/s1. The number of carbonyl (C=O) groups is 6. The fraction of sp³-hybridized carbons (Fsp3) is 0.333. The molecule has 4 aliphatic heterocycles. The van der Waals surface area contributed by atoms with E-state index in [1.807, 2.05) is 48.5 Å². The minimum absolute atomic E-state index is 0.217. The first-order valence-corrected chi connectivity index (χ1v) is 31.8. The first-order chi connectivity index (χ1) is 45.5. The molecule has 4 aliphatic rings. The Labute approximate surface area is 548 Å². The number of nitrogens with zero attached hydrogens (tertiary/aromatic N) is 8. The molecule has 8 aromatic rings. The Morgan fingerprint density at radius 1 is 0.553 bits per heavy atom. The number of rotatable bonds is 21. The maximum atomic E-state index is 14.9. The van der Waals surface area contributed by atoms with E-state index in [2.05, 4.69) is 62.3 Å². The average molecular weight is 1320 g/mol. The van der Waals surface area contributed by atoms with Gasteiger partial charge in [-0.15, -0.1) is 0 Å². The van der Waals surface area contributed by atoms with Crippen molar-refractivity contribution in [2.75, 3.05) is 97.6 Å². The number of piperidine rings is 4. The molecule has 0 radical (unpaired) electrons. The lowest BCUT2D eigenvalue weighted by Crippen LogP contribution is -2.39. The molecule has 26 nitrogen and oxygen atoms in total. The van der Waals surface area contributed by atoms with Gasteiger partial charge in [-0.25, -0.2) is 19.3 Å². The highest BCUT2D eigenvalue weighted by atomic mass is 35.5. The molecule has 28 heteroatoms. The van der Waals surface area contributed by atoms with Crippen LogP contribution in [0.2, 0.25) is 10.0 Å². The molecule has 94 heavy (non-hydrogen) atoms. The third kappa shape index (κ3) is 14.5. The number of hydrogen-bond donors (Lipinski definition) is 8. The summed E-state index contributed by atoms with van der Waals surface area (Å²) >= 11 is 13.6. The molecule has 4 aromatic heterocycles. The molecule has 0 saturated carbocycles. The summed E-state index contributed by atoms with van der Waals surface area (Å²) in [5, 5.41) is 24.8. The van der Waals surface area contributed by atoms with Crippen LogP contribution in [-0.4, -0.2) is 131 Å². The first kappa shape index (κ1) is 63.8. The second-order valence-corrected chi connectivity index (χ2v) is 24.4. The van der Waals surface area contributed by atoms with Gasteiger partial charge in [0.1, 0.15) is 10.0 Å². The number of carbonyl (C=O) groups excluding carboxylic acids is 6. The minimum atomic E-state index is -0.805. The van der Waals surface area contributed by atoms with Crippen molar-refractivity contribution in [2.45, 2.75) is 63.2 Å². The molecule has 4 saturated heterocycles. The molecule has 4 fully saturated rings. The van der Waals surface area contributed by atoms with Gasteiger partial charge < -0.3 is 51.2 Å². The average Bonchev–Trinajstić information content (AvgIpc) is 0.741. The van der Waals surface area contributed by atoms with Crippen LogP contribution in [0, 0.1) is 11.8 Å². The van der Waals surface area contributed by atoms with Crippen LogP contribution in [0.15, 0.2) is 119 Å². The third-order valence-electron chi connectivity index (χ3n) is 17.2. The number of ether oxygens (including phenoxy) is 2. The Morgan fingerprint density at radius 2 is 0.989 bits per heavy atom. The van der Waals surface area contributed by atoms with Crippen molar-refractivity contribution < 1.29 is 38.2 Å². The highest BCUT2D eigenvalue weighted by Gasteiger charge is 2.31. The Hall–Kier alpha value is -10.3. The van der Waals surface area contributed by atoms with E-state index in [0.29, 0.717) is 111 Å². The van der Waals surface area contributed by atoms with Crippen molar-refractivity contribution in [3.8, 4) is 11.5 Å². The number of nitrogens with one attached hydrogen (secondary N) is 8. The van der Waals surface area contributed by atoms with Gasteiger partial charge in [-0.2, -0.15) is 9.97 Å². The number of benzene rings is 4. The largest absolute Gasteiger partial charge is 0.478 e. The van der Waals surface area contributed by atoms with E-state index in [-0.39, 0.29) is 68.0 Å². The van der Waals surface area contributed by atoms with E-state index in [1.165, 1.54) is 38.6 Å². The SMILES string of the molecule is CNC(=O)COc1cc2cc(Nc3nc(N4CCCC(CNc5cccc(C6CCC(=O)NC6=O)c5)C4)ncc3Cl)ccc2n(-n2c(=O)c(OCC(=O)NC)cc3cc(Nc4nc(N5CCC[C@H](CNc6cccc(C7CCC(=O)NC7=O)c6)C5)ncc4Cl)ccc32)c1=O. The molecule has 486 valence electrons. The highest BCUT2D eigenvalue weighted by molar-refractivity contribution is 6.33. The summed E-state index contributed by atoms with van der Waals surface area (Å²) in [5.74, 6) is -1.51. The fourth-order valence-electron chi connectivity index (χ4n) is 12.3. The molecule has 3 unspecified atom stereocenters. The maximum absolute atomic E-state index is 14.9. The molecular formula is C66H68Cl2N16O10. The van der Waals surface area contributed by atoms with E-state index >= 15 is 0 Å². The summed E-state index contributed by atoms with van der Waals surface area (Å²) < 4.78 is 14.0. The van der Waals surface area contributed by atoms with Crippen LogP contribution in [0.3, 0.4) is 0 Å². The van der Waals surface area contributed by atoms with Crippen molar-refractivity contribution in [1.82, 2.24) is 50.6 Å². The van der Waals surface area contributed by atoms with Crippen LogP contribution < -0.4 is 72.9 Å². The van der Waals surface area contributed by atoms with Gasteiger partial charge in [0.15, 0.2) is 36.3 Å². The van der Waals surface area contributed by atoms with E-state index in [0.717, 1.165) is 57.5 Å². The maximum Gasteiger partial charge on any atom is 0.312 e. The normalized spacial score (nSPS) is 18.3. The smallest absolute Gasteiger partial charge is 0.312 e. The summed E-state index contributed by atoms with van der Waals surface area (Å²) in [5.41, 5.74) is 3.26. The number of fused-ring (bicyclic) bond motifs is 2. The number of halogens is 2. The number of anilines is 8. The quantitative estimate of drug-likeness (QED) is 0.0337. The van der Waals surface area contributed by atoms with Crippen LogP contribution in [0.25, 0.3) is 21.8 Å². The van der Waals surface area contributed by atoms with Gasteiger partial charge in [0.2, 0.25) is 35.5 Å². The number of pyridine rings is 2. The summed E-state index contributed by atoms with van der Waals surface area (Å²) in [6.07, 6.45) is 8.24. The Kier molecular flexibility index (Phi) is 19.2. The number of hydrogen-bond acceptors (Lipinski definition) is 20. The number of likely N-dealkylation sites (N-methyl/N-ethyl adjacent to an activating group) is 2. The molecular weight excluding hydrogens is 1250 g/mol. The van der Waals surface area contributed by atoms with Gasteiger partial charge in [0.05, 0.1) is 35.3 Å². The van der Waals surface area contributed by atoms with E-state index < -0.39 is 48.0 Å². The summed E-state index contributed by atoms with van der Waals surface area (Å²) in [6, 6.07) is 28.5. The van der Waals surface area contributed by atoms with Gasteiger partial charge in [-0.05, 0) is 134 Å².